The molecule has 4 aliphatic rings. The summed E-state index contributed by atoms with van der Waals surface area (Å²) in [6.07, 6.45) is 5.29. The van der Waals surface area contributed by atoms with Crippen molar-refractivity contribution in [1.82, 2.24) is 20.4 Å². The van der Waals surface area contributed by atoms with E-state index in [0.29, 0.717) is 13.1 Å². The van der Waals surface area contributed by atoms with Gasteiger partial charge in [-0.2, -0.15) is 5.26 Å². The van der Waals surface area contributed by atoms with Crippen molar-refractivity contribution >= 4 is 11.9 Å². The van der Waals surface area contributed by atoms with Crippen molar-refractivity contribution in [3.05, 3.63) is 0 Å². The lowest BCUT2D eigenvalue weighted by molar-refractivity contribution is -0.126. The molecule has 0 aromatic rings. The average Bonchev–Trinajstić information content (AvgIpc) is 3.58. The summed E-state index contributed by atoms with van der Waals surface area (Å²) in [5, 5.41) is 13.5. The van der Waals surface area contributed by atoms with E-state index >= 15 is 0 Å². The number of nitrogens with one attached hydrogen (secondary N) is 2. The first-order valence-electron chi connectivity index (χ1n) is 11.1. The lowest BCUT2D eigenvalue weighted by Gasteiger charge is -2.54. The number of halogens is 2. The van der Waals surface area contributed by atoms with E-state index in [2.05, 4.69) is 15.5 Å². The van der Waals surface area contributed by atoms with E-state index in [0.717, 1.165) is 44.8 Å². The Hall–Kier alpha value is -1.95. The van der Waals surface area contributed by atoms with E-state index < -0.39 is 30.3 Å². The van der Waals surface area contributed by atoms with Gasteiger partial charge in [-0.1, -0.05) is 0 Å². The number of nitriles is 1. The number of alkyl halides is 2. The molecule has 1 spiro atoms. The molecule has 0 unspecified atom stereocenters. The van der Waals surface area contributed by atoms with Gasteiger partial charge < -0.3 is 20.4 Å². The number of piperidine rings is 1. The Labute approximate surface area is 176 Å². The number of carbonyl (C=O) groups is 2. The zero-order valence-corrected chi connectivity index (χ0v) is 17.3. The second-order valence-corrected chi connectivity index (χ2v) is 9.71. The van der Waals surface area contributed by atoms with Gasteiger partial charge in [-0.05, 0) is 57.5 Å². The van der Waals surface area contributed by atoms with Gasteiger partial charge in [0.2, 0.25) is 5.91 Å². The maximum atomic E-state index is 14.4. The summed E-state index contributed by atoms with van der Waals surface area (Å²) in [5.41, 5.74) is 0.136. The lowest BCUT2D eigenvalue weighted by Crippen LogP contribution is -2.65. The molecule has 2 aliphatic carbocycles. The molecule has 166 valence electrons. The van der Waals surface area contributed by atoms with Gasteiger partial charge in [0.1, 0.15) is 12.6 Å². The van der Waals surface area contributed by atoms with Crippen LogP contribution in [0, 0.1) is 22.7 Å². The number of carbonyl (C=O) groups excluding carboxylic acids is 2. The van der Waals surface area contributed by atoms with Crippen molar-refractivity contribution in [3.63, 3.8) is 0 Å². The molecule has 4 rings (SSSR count). The van der Waals surface area contributed by atoms with E-state index in [4.69, 9.17) is 5.26 Å². The van der Waals surface area contributed by atoms with Crippen molar-refractivity contribution in [2.45, 2.75) is 69.4 Å². The fourth-order valence-electron chi connectivity index (χ4n) is 4.85. The van der Waals surface area contributed by atoms with Crippen LogP contribution >= 0.6 is 0 Å². The van der Waals surface area contributed by atoms with Crippen LogP contribution in [0.3, 0.4) is 0 Å². The Bertz CT molecular complexity index is 701. The van der Waals surface area contributed by atoms with Crippen LogP contribution in [0.5, 0.6) is 0 Å². The van der Waals surface area contributed by atoms with E-state index in [-0.39, 0.29) is 24.3 Å². The Balaban J connectivity index is 1.29. The predicted octanol–water partition coefficient (Wildman–Crippen LogP) is 2.09. The zero-order chi connectivity index (χ0) is 21.4. The maximum Gasteiger partial charge on any atom is 0.318 e. The van der Waals surface area contributed by atoms with Gasteiger partial charge in [0.25, 0.3) is 5.92 Å². The fraction of sp³-hybridized carbons (Fsp3) is 0.857. The summed E-state index contributed by atoms with van der Waals surface area (Å²) >= 11 is 0. The molecule has 7 nitrogen and oxygen atoms in total. The third-order valence-corrected chi connectivity index (χ3v) is 7.00. The highest BCUT2D eigenvalue weighted by molar-refractivity contribution is 5.87. The van der Waals surface area contributed by atoms with Crippen molar-refractivity contribution < 1.29 is 18.4 Å². The van der Waals surface area contributed by atoms with Crippen LogP contribution in [0.1, 0.15) is 51.4 Å². The SMILES string of the molecule is N#CCNC(=O)[C@H](CC(F)(F)CC1CC1)NC(=O)N1CC2(CCN(C3CC3)CC2)C1. The standard InChI is InChI=1S/C21H31F2N5O2/c22-21(23,11-15-1-2-15)12-17(18(29)25-8-7-24)26-19(30)28-13-20(14-28)5-9-27(10-6-20)16-3-4-16/h15-17H,1-6,8-14H2,(H,25,29)(H,26,30)/t17-/m0/s1. The summed E-state index contributed by atoms with van der Waals surface area (Å²) in [6, 6.07) is 0.713. The largest absolute Gasteiger partial charge is 0.341 e. The lowest BCUT2D eigenvalue weighted by atomic mass is 9.72. The zero-order valence-electron chi connectivity index (χ0n) is 17.3. The molecule has 4 fully saturated rings. The predicted molar refractivity (Wildman–Crippen MR) is 106 cm³/mol. The monoisotopic (exact) mass is 423 g/mol. The van der Waals surface area contributed by atoms with Gasteiger partial charge in [0, 0.05) is 37.4 Å². The Morgan fingerprint density at radius 1 is 1.17 bits per heavy atom. The van der Waals surface area contributed by atoms with E-state index in [1.165, 1.54) is 12.8 Å². The molecule has 2 saturated heterocycles. The van der Waals surface area contributed by atoms with E-state index in [1.54, 1.807) is 11.0 Å². The topological polar surface area (TPSA) is 88.5 Å². The van der Waals surface area contributed by atoms with Crippen molar-refractivity contribution in [2.75, 3.05) is 32.7 Å². The van der Waals surface area contributed by atoms with Crippen LogP contribution in [0.2, 0.25) is 0 Å². The van der Waals surface area contributed by atoms with Crippen LogP contribution in [0.15, 0.2) is 0 Å². The van der Waals surface area contributed by atoms with Crippen molar-refractivity contribution in [3.8, 4) is 6.07 Å². The molecule has 2 aliphatic heterocycles. The van der Waals surface area contributed by atoms with E-state index in [1.807, 2.05) is 0 Å². The number of hydrogen-bond donors (Lipinski definition) is 2. The molecular formula is C21H31F2N5O2. The average molecular weight is 424 g/mol. The number of likely N-dealkylation sites (tertiary alicyclic amines) is 2. The summed E-state index contributed by atoms with van der Waals surface area (Å²) in [5.74, 6) is -3.74. The maximum absolute atomic E-state index is 14.4. The van der Waals surface area contributed by atoms with Gasteiger partial charge in [-0.3, -0.25) is 4.79 Å². The van der Waals surface area contributed by atoms with Gasteiger partial charge in [-0.25, -0.2) is 13.6 Å². The molecule has 30 heavy (non-hydrogen) atoms. The first-order valence-corrected chi connectivity index (χ1v) is 11.1. The number of rotatable bonds is 8. The van der Waals surface area contributed by atoms with Crippen molar-refractivity contribution in [1.29, 1.82) is 5.26 Å². The van der Waals surface area contributed by atoms with Gasteiger partial charge in [-0.15, -0.1) is 0 Å². The number of amides is 3. The molecule has 0 aromatic heterocycles. The highest BCUT2D eigenvalue weighted by Gasteiger charge is 2.49. The Morgan fingerprint density at radius 2 is 1.83 bits per heavy atom. The minimum Gasteiger partial charge on any atom is -0.341 e. The van der Waals surface area contributed by atoms with Gasteiger partial charge >= 0.3 is 6.03 Å². The normalized spacial score (nSPS) is 24.6. The molecule has 0 radical (unpaired) electrons. The Morgan fingerprint density at radius 3 is 2.40 bits per heavy atom. The highest BCUT2D eigenvalue weighted by Crippen LogP contribution is 2.43. The second-order valence-electron chi connectivity index (χ2n) is 9.71. The summed E-state index contributed by atoms with van der Waals surface area (Å²) in [6.45, 7) is 3.08. The van der Waals surface area contributed by atoms with E-state index in [9.17, 15) is 18.4 Å². The number of hydrogen-bond acceptors (Lipinski definition) is 4. The highest BCUT2D eigenvalue weighted by atomic mass is 19.3. The van der Waals surface area contributed by atoms with Crippen LogP contribution in [0.4, 0.5) is 13.6 Å². The summed E-state index contributed by atoms with van der Waals surface area (Å²) in [4.78, 5) is 29.1. The first kappa shape index (κ1) is 21.3. The van der Waals surface area contributed by atoms with Crippen LogP contribution in [-0.2, 0) is 4.79 Å². The second kappa shape index (κ2) is 8.29. The third-order valence-electron chi connectivity index (χ3n) is 7.00. The summed E-state index contributed by atoms with van der Waals surface area (Å²) in [7, 11) is 0. The quantitative estimate of drug-likeness (QED) is 0.585. The molecule has 3 amide bonds. The first-order chi connectivity index (χ1) is 14.3. The molecule has 0 bridgehead atoms. The fourth-order valence-corrected chi connectivity index (χ4v) is 4.85. The molecule has 9 heteroatoms. The third kappa shape index (κ3) is 5.20. The Kier molecular flexibility index (Phi) is 5.88. The molecule has 2 N–H and O–H groups in total. The van der Waals surface area contributed by atoms with Crippen LogP contribution in [-0.4, -0.2) is 72.5 Å². The minimum atomic E-state index is -3.02. The molecule has 0 aromatic carbocycles. The van der Waals surface area contributed by atoms with Crippen molar-refractivity contribution in [2.24, 2.45) is 11.3 Å². The molecular weight excluding hydrogens is 392 g/mol. The number of nitrogens with zero attached hydrogens (tertiary/aromatic N) is 3. The molecule has 1 atom stereocenters. The van der Waals surface area contributed by atoms with Gasteiger partial charge in [0.05, 0.1) is 6.07 Å². The van der Waals surface area contributed by atoms with Crippen LogP contribution in [0.25, 0.3) is 0 Å². The van der Waals surface area contributed by atoms with Gasteiger partial charge in [0.15, 0.2) is 0 Å². The molecule has 2 saturated carbocycles. The van der Waals surface area contributed by atoms with Crippen LogP contribution < -0.4 is 10.6 Å². The summed E-state index contributed by atoms with van der Waals surface area (Å²) < 4.78 is 28.7. The minimum absolute atomic E-state index is 0.00951. The number of urea groups is 1. The molecule has 2 heterocycles. The smallest absolute Gasteiger partial charge is 0.318 e.